The molecule has 1 aromatic heterocycles. The summed E-state index contributed by atoms with van der Waals surface area (Å²) in [5.41, 5.74) is 4.43. The van der Waals surface area contributed by atoms with Gasteiger partial charge < -0.3 is 19.4 Å². The SMILES string of the molecule is COc1ccc(-n2c(-c3ccccc3)cc(C(=O)NCC(C)C)c2C)cc1OC. The second kappa shape index (κ2) is 8.86. The number of carbonyl (C=O) groups excluding carboxylic acids is 1. The molecule has 0 bridgehead atoms. The van der Waals surface area contributed by atoms with Crippen molar-refractivity contribution in [3.63, 3.8) is 0 Å². The molecule has 0 fully saturated rings. The van der Waals surface area contributed by atoms with Gasteiger partial charge in [0.25, 0.3) is 5.91 Å². The Morgan fingerprint density at radius 1 is 1.00 bits per heavy atom. The molecule has 2 aromatic carbocycles. The first-order chi connectivity index (χ1) is 14.0. The number of hydrogen-bond donors (Lipinski definition) is 1. The maximum atomic E-state index is 12.9. The number of nitrogens with zero attached hydrogens (tertiary/aromatic N) is 1. The van der Waals surface area contributed by atoms with Crippen LogP contribution in [0.2, 0.25) is 0 Å². The third kappa shape index (κ3) is 4.29. The maximum absolute atomic E-state index is 12.9. The zero-order chi connectivity index (χ0) is 21.0. The van der Waals surface area contributed by atoms with Gasteiger partial charge in [0, 0.05) is 24.0 Å². The van der Waals surface area contributed by atoms with Crippen molar-refractivity contribution in [3.05, 3.63) is 65.9 Å². The van der Waals surface area contributed by atoms with Gasteiger partial charge in [-0.1, -0.05) is 44.2 Å². The fourth-order valence-electron chi connectivity index (χ4n) is 3.35. The highest BCUT2D eigenvalue weighted by atomic mass is 16.5. The zero-order valence-corrected chi connectivity index (χ0v) is 17.7. The van der Waals surface area contributed by atoms with Gasteiger partial charge in [-0.25, -0.2) is 0 Å². The van der Waals surface area contributed by atoms with E-state index in [9.17, 15) is 4.79 Å². The first-order valence-electron chi connectivity index (χ1n) is 9.74. The lowest BCUT2D eigenvalue weighted by Gasteiger charge is -2.15. The highest BCUT2D eigenvalue weighted by molar-refractivity contribution is 5.97. The smallest absolute Gasteiger partial charge is 0.253 e. The molecule has 0 unspecified atom stereocenters. The van der Waals surface area contributed by atoms with E-state index in [4.69, 9.17) is 9.47 Å². The summed E-state index contributed by atoms with van der Waals surface area (Å²) in [6.45, 7) is 6.77. The molecule has 1 heterocycles. The molecule has 5 nitrogen and oxygen atoms in total. The Balaban J connectivity index is 2.15. The summed E-state index contributed by atoms with van der Waals surface area (Å²) in [7, 11) is 3.23. The number of methoxy groups -OCH3 is 2. The van der Waals surface area contributed by atoms with Crippen LogP contribution in [0.4, 0.5) is 0 Å². The quantitative estimate of drug-likeness (QED) is 0.625. The van der Waals surface area contributed by atoms with Gasteiger partial charge in [0.15, 0.2) is 11.5 Å². The molecule has 5 heteroatoms. The predicted octanol–water partition coefficient (Wildman–Crippen LogP) is 4.86. The minimum absolute atomic E-state index is 0.0624. The van der Waals surface area contributed by atoms with Crippen LogP contribution in [0.5, 0.6) is 11.5 Å². The first kappa shape index (κ1) is 20.5. The molecule has 0 saturated heterocycles. The van der Waals surface area contributed by atoms with Gasteiger partial charge in [-0.3, -0.25) is 4.79 Å². The summed E-state index contributed by atoms with van der Waals surface area (Å²) < 4.78 is 12.9. The van der Waals surface area contributed by atoms with Gasteiger partial charge in [-0.05, 0) is 36.6 Å². The van der Waals surface area contributed by atoms with Crippen LogP contribution in [0.3, 0.4) is 0 Å². The number of carbonyl (C=O) groups is 1. The molecular weight excluding hydrogens is 364 g/mol. The summed E-state index contributed by atoms with van der Waals surface area (Å²) >= 11 is 0. The molecule has 1 N–H and O–H groups in total. The number of benzene rings is 2. The lowest BCUT2D eigenvalue weighted by Crippen LogP contribution is -2.27. The van der Waals surface area contributed by atoms with Crippen molar-refractivity contribution in [1.82, 2.24) is 9.88 Å². The number of ether oxygens (including phenoxy) is 2. The van der Waals surface area contributed by atoms with Crippen LogP contribution in [-0.2, 0) is 0 Å². The maximum Gasteiger partial charge on any atom is 0.253 e. The molecule has 0 spiro atoms. The largest absolute Gasteiger partial charge is 0.493 e. The minimum Gasteiger partial charge on any atom is -0.493 e. The van der Waals surface area contributed by atoms with Crippen LogP contribution in [0.25, 0.3) is 16.9 Å². The average molecular weight is 392 g/mol. The van der Waals surface area contributed by atoms with E-state index in [-0.39, 0.29) is 5.91 Å². The lowest BCUT2D eigenvalue weighted by molar-refractivity contribution is 0.0948. The molecule has 3 aromatic rings. The fraction of sp³-hybridized carbons (Fsp3) is 0.292. The van der Waals surface area contributed by atoms with Crippen molar-refractivity contribution in [2.45, 2.75) is 20.8 Å². The Labute approximate surface area is 172 Å². The molecular formula is C24H28N2O3. The molecule has 0 aliphatic heterocycles. The van der Waals surface area contributed by atoms with Crippen LogP contribution in [0.15, 0.2) is 54.6 Å². The summed E-state index contributed by atoms with van der Waals surface area (Å²) in [6, 6.07) is 17.8. The molecule has 0 atom stereocenters. The van der Waals surface area contributed by atoms with Crippen molar-refractivity contribution >= 4 is 5.91 Å². The van der Waals surface area contributed by atoms with Crippen LogP contribution >= 0.6 is 0 Å². The van der Waals surface area contributed by atoms with Crippen LogP contribution in [-0.4, -0.2) is 31.2 Å². The Morgan fingerprint density at radius 3 is 2.31 bits per heavy atom. The van der Waals surface area contributed by atoms with E-state index in [1.54, 1.807) is 14.2 Å². The van der Waals surface area contributed by atoms with Gasteiger partial charge in [0.05, 0.1) is 25.5 Å². The number of hydrogen-bond acceptors (Lipinski definition) is 3. The zero-order valence-electron chi connectivity index (χ0n) is 17.7. The average Bonchev–Trinajstić information content (AvgIpc) is 3.09. The van der Waals surface area contributed by atoms with E-state index < -0.39 is 0 Å². The van der Waals surface area contributed by atoms with E-state index in [1.807, 2.05) is 61.5 Å². The predicted molar refractivity (Wildman–Crippen MR) is 116 cm³/mol. The van der Waals surface area contributed by atoms with E-state index in [2.05, 4.69) is 23.7 Å². The van der Waals surface area contributed by atoms with Crippen molar-refractivity contribution < 1.29 is 14.3 Å². The summed E-state index contributed by atoms with van der Waals surface area (Å²) in [5, 5.41) is 3.03. The van der Waals surface area contributed by atoms with E-state index in [0.29, 0.717) is 29.5 Å². The van der Waals surface area contributed by atoms with E-state index in [1.165, 1.54) is 0 Å². The number of rotatable bonds is 7. The summed E-state index contributed by atoms with van der Waals surface area (Å²) in [6.07, 6.45) is 0. The molecule has 3 rings (SSSR count). The monoisotopic (exact) mass is 392 g/mol. The second-order valence-corrected chi connectivity index (χ2v) is 7.37. The third-order valence-corrected chi connectivity index (χ3v) is 4.86. The fourth-order valence-corrected chi connectivity index (χ4v) is 3.35. The van der Waals surface area contributed by atoms with Gasteiger partial charge in [0.1, 0.15) is 0 Å². The van der Waals surface area contributed by atoms with Crippen molar-refractivity contribution in [2.75, 3.05) is 20.8 Å². The first-order valence-corrected chi connectivity index (χ1v) is 9.74. The van der Waals surface area contributed by atoms with Crippen LogP contribution in [0.1, 0.15) is 29.9 Å². The van der Waals surface area contributed by atoms with Crippen molar-refractivity contribution in [3.8, 4) is 28.4 Å². The number of nitrogens with one attached hydrogen (secondary N) is 1. The molecule has 29 heavy (non-hydrogen) atoms. The summed E-state index contributed by atoms with van der Waals surface area (Å²) in [5.74, 6) is 1.63. The Bertz CT molecular complexity index is 991. The molecule has 0 radical (unpaired) electrons. The van der Waals surface area contributed by atoms with Crippen molar-refractivity contribution in [1.29, 1.82) is 0 Å². The van der Waals surface area contributed by atoms with E-state index in [0.717, 1.165) is 22.6 Å². The number of amides is 1. The van der Waals surface area contributed by atoms with Gasteiger partial charge in [-0.2, -0.15) is 0 Å². The normalized spacial score (nSPS) is 10.8. The molecule has 0 aliphatic carbocycles. The van der Waals surface area contributed by atoms with Gasteiger partial charge in [-0.15, -0.1) is 0 Å². The minimum atomic E-state index is -0.0624. The molecule has 1 amide bonds. The molecule has 0 saturated carbocycles. The van der Waals surface area contributed by atoms with Crippen molar-refractivity contribution in [2.24, 2.45) is 5.92 Å². The highest BCUT2D eigenvalue weighted by Gasteiger charge is 2.20. The standard InChI is InChI=1S/C24H28N2O3/c1-16(2)15-25-24(27)20-14-21(18-9-7-6-8-10-18)26(17(20)3)19-11-12-22(28-4)23(13-19)29-5/h6-14,16H,15H2,1-5H3,(H,25,27). The second-order valence-electron chi connectivity index (χ2n) is 7.37. The van der Waals surface area contributed by atoms with Crippen LogP contribution < -0.4 is 14.8 Å². The molecule has 0 aliphatic rings. The topological polar surface area (TPSA) is 52.5 Å². The lowest BCUT2D eigenvalue weighted by atomic mass is 10.1. The van der Waals surface area contributed by atoms with E-state index >= 15 is 0 Å². The third-order valence-electron chi connectivity index (χ3n) is 4.86. The Morgan fingerprint density at radius 2 is 1.69 bits per heavy atom. The highest BCUT2D eigenvalue weighted by Crippen LogP contribution is 2.34. The van der Waals surface area contributed by atoms with Crippen LogP contribution in [0, 0.1) is 12.8 Å². The van der Waals surface area contributed by atoms with Gasteiger partial charge in [0.2, 0.25) is 0 Å². The molecule has 152 valence electrons. The Hall–Kier alpha value is -3.21. The Kier molecular flexibility index (Phi) is 6.27. The summed E-state index contributed by atoms with van der Waals surface area (Å²) in [4.78, 5) is 12.9. The number of aromatic nitrogens is 1. The van der Waals surface area contributed by atoms with Gasteiger partial charge >= 0.3 is 0 Å².